The predicted molar refractivity (Wildman–Crippen MR) is 89.9 cm³/mol. The number of carbonyl (C=O) groups excluding carboxylic acids is 1. The number of hydrogen-bond acceptors (Lipinski definition) is 6. The monoisotopic (exact) mass is 327 g/mol. The third-order valence-corrected chi connectivity index (χ3v) is 3.61. The second-order valence-electron chi connectivity index (χ2n) is 5.66. The first kappa shape index (κ1) is 15.7. The summed E-state index contributed by atoms with van der Waals surface area (Å²) in [6, 6.07) is 2.89. The molecule has 0 atom stereocenters. The van der Waals surface area contributed by atoms with Gasteiger partial charge in [-0.15, -0.1) is 0 Å². The van der Waals surface area contributed by atoms with Gasteiger partial charge < -0.3 is 11.1 Å². The molecule has 0 saturated heterocycles. The maximum absolute atomic E-state index is 12.8. The summed E-state index contributed by atoms with van der Waals surface area (Å²) in [5, 5.41) is 9.58. The highest BCUT2D eigenvalue weighted by atomic mass is 16.2. The summed E-state index contributed by atoms with van der Waals surface area (Å²) >= 11 is 0. The van der Waals surface area contributed by atoms with Gasteiger partial charge in [0.25, 0.3) is 11.5 Å². The zero-order chi connectivity index (χ0) is 17.4. The first-order valence-corrected chi connectivity index (χ1v) is 7.38. The maximum atomic E-state index is 12.8. The van der Waals surface area contributed by atoms with Crippen LogP contribution in [-0.4, -0.2) is 30.6 Å². The predicted octanol–water partition coefficient (Wildman–Crippen LogP) is 1.24. The first-order chi connectivity index (χ1) is 11.4. The number of fused-ring (bicyclic) bond motifs is 1. The summed E-state index contributed by atoms with van der Waals surface area (Å²) in [6.07, 6.45) is 1.50. The number of rotatable bonds is 3. The van der Waals surface area contributed by atoms with Crippen molar-refractivity contribution in [1.29, 1.82) is 0 Å². The number of aromatic nitrogens is 5. The Bertz CT molecular complexity index is 974. The van der Waals surface area contributed by atoms with Crippen LogP contribution in [0.15, 0.2) is 23.1 Å². The van der Waals surface area contributed by atoms with Gasteiger partial charge in [-0.3, -0.25) is 19.3 Å². The number of pyridine rings is 1. The third-order valence-electron chi connectivity index (χ3n) is 3.61. The minimum atomic E-state index is -0.531. The molecule has 0 spiro atoms. The van der Waals surface area contributed by atoms with Gasteiger partial charge >= 0.3 is 0 Å². The lowest BCUT2D eigenvalue weighted by Crippen LogP contribution is -2.31. The Labute approximate surface area is 136 Å². The van der Waals surface area contributed by atoms with Crippen LogP contribution < -0.4 is 16.6 Å². The molecular formula is C15H17N7O2. The number of nitrogens with two attached hydrogens (primary N) is 1. The van der Waals surface area contributed by atoms with E-state index in [1.807, 2.05) is 13.8 Å². The number of amides is 1. The minimum absolute atomic E-state index is 0.00210. The Balaban J connectivity index is 2.24. The molecule has 0 aromatic carbocycles. The Morgan fingerprint density at radius 2 is 2.12 bits per heavy atom. The zero-order valence-electron chi connectivity index (χ0n) is 13.5. The topological polar surface area (TPSA) is 132 Å². The number of hydrogen-bond donors (Lipinski definition) is 3. The normalized spacial score (nSPS) is 11.2. The van der Waals surface area contributed by atoms with Crippen LogP contribution in [0.1, 0.15) is 35.9 Å². The van der Waals surface area contributed by atoms with E-state index in [1.165, 1.54) is 16.8 Å². The SMILES string of the molecule is Cc1nc(N)nc2c1cc(C(=O)Nc1ccn[nH]1)c(=O)n2C(C)C. The van der Waals surface area contributed by atoms with Crippen LogP contribution in [0.5, 0.6) is 0 Å². The molecule has 4 N–H and O–H groups in total. The van der Waals surface area contributed by atoms with Crippen LogP contribution in [0.2, 0.25) is 0 Å². The fourth-order valence-corrected chi connectivity index (χ4v) is 2.53. The molecule has 124 valence electrons. The lowest BCUT2D eigenvalue weighted by molar-refractivity contribution is 0.102. The van der Waals surface area contributed by atoms with Gasteiger partial charge in [-0.2, -0.15) is 10.1 Å². The second kappa shape index (κ2) is 5.76. The summed E-state index contributed by atoms with van der Waals surface area (Å²) in [4.78, 5) is 33.6. The largest absolute Gasteiger partial charge is 0.368 e. The molecule has 0 radical (unpaired) electrons. The Kier molecular flexibility index (Phi) is 3.76. The summed E-state index contributed by atoms with van der Waals surface area (Å²) < 4.78 is 1.45. The second-order valence-corrected chi connectivity index (χ2v) is 5.66. The Morgan fingerprint density at radius 3 is 2.75 bits per heavy atom. The third kappa shape index (κ3) is 2.60. The standard InChI is InChI=1S/C15H17N7O2/c1-7(2)22-12-9(8(3)18-15(16)20-12)6-10(14(22)24)13(23)19-11-4-5-17-21-11/h4-7H,1-3H3,(H2,16,18,20)(H2,17,19,21,23). The van der Waals surface area contributed by atoms with Crippen molar-refractivity contribution in [2.75, 3.05) is 11.1 Å². The highest BCUT2D eigenvalue weighted by molar-refractivity contribution is 6.05. The molecule has 0 bridgehead atoms. The van der Waals surface area contributed by atoms with E-state index >= 15 is 0 Å². The van der Waals surface area contributed by atoms with E-state index < -0.39 is 11.5 Å². The summed E-state index contributed by atoms with van der Waals surface area (Å²) in [5.41, 5.74) is 6.28. The molecule has 3 aromatic rings. The number of aromatic amines is 1. The van der Waals surface area contributed by atoms with Crippen molar-refractivity contribution in [3.05, 3.63) is 39.9 Å². The van der Waals surface area contributed by atoms with E-state index in [0.717, 1.165) is 0 Å². The van der Waals surface area contributed by atoms with Crippen molar-refractivity contribution in [2.45, 2.75) is 26.8 Å². The number of nitrogens with one attached hydrogen (secondary N) is 2. The van der Waals surface area contributed by atoms with Crippen molar-refractivity contribution in [3.63, 3.8) is 0 Å². The average molecular weight is 327 g/mol. The number of nitrogens with zero attached hydrogens (tertiary/aromatic N) is 4. The Hall–Kier alpha value is -3.23. The molecule has 0 aliphatic carbocycles. The molecule has 9 heteroatoms. The number of carbonyl (C=O) groups is 1. The molecule has 0 aliphatic rings. The van der Waals surface area contributed by atoms with Crippen LogP contribution in [0, 0.1) is 6.92 Å². The number of aryl methyl sites for hydroxylation is 1. The van der Waals surface area contributed by atoms with Gasteiger partial charge in [0, 0.05) is 17.5 Å². The van der Waals surface area contributed by atoms with Crippen molar-refractivity contribution in [2.24, 2.45) is 0 Å². The number of nitrogen functional groups attached to an aromatic ring is 1. The van der Waals surface area contributed by atoms with Crippen molar-refractivity contribution >= 4 is 28.7 Å². The van der Waals surface area contributed by atoms with E-state index in [0.29, 0.717) is 22.5 Å². The van der Waals surface area contributed by atoms with Gasteiger partial charge in [-0.25, -0.2) is 4.98 Å². The van der Waals surface area contributed by atoms with E-state index in [2.05, 4.69) is 25.5 Å². The van der Waals surface area contributed by atoms with Crippen LogP contribution >= 0.6 is 0 Å². The van der Waals surface area contributed by atoms with Crippen molar-refractivity contribution in [1.82, 2.24) is 24.7 Å². The van der Waals surface area contributed by atoms with E-state index in [-0.39, 0.29) is 17.6 Å². The summed E-state index contributed by atoms with van der Waals surface area (Å²) in [5.74, 6) is -0.0406. The summed E-state index contributed by atoms with van der Waals surface area (Å²) in [7, 11) is 0. The van der Waals surface area contributed by atoms with Gasteiger partial charge in [0.15, 0.2) is 0 Å². The van der Waals surface area contributed by atoms with Gasteiger partial charge in [0.2, 0.25) is 5.95 Å². The molecule has 3 rings (SSSR count). The fraction of sp³-hybridized carbons (Fsp3) is 0.267. The number of anilines is 2. The molecule has 3 heterocycles. The van der Waals surface area contributed by atoms with Crippen molar-refractivity contribution in [3.8, 4) is 0 Å². The zero-order valence-corrected chi connectivity index (χ0v) is 13.5. The fourth-order valence-electron chi connectivity index (χ4n) is 2.53. The lowest BCUT2D eigenvalue weighted by Gasteiger charge is -2.16. The lowest BCUT2D eigenvalue weighted by atomic mass is 10.1. The molecule has 0 fully saturated rings. The van der Waals surface area contributed by atoms with Crippen LogP contribution in [0.3, 0.4) is 0 Å². The van der Waals surface area contributed by atoms with E-state index in [9.17, 15) is 9.59 Å². The molecule has 1 amide bonds. The first-order valence-electron chi connectivity index (χ1n) is 7.38. The molecule has 0 unspecified atom stereocenters. The molecule has 9 nitrogen and oxygen atoms in total. The summed E-state index contributed by atoms with van der Waals surface area (Å²) in [6.45, 7) is 5.43. The van der Waals surface area contributed by atoms with E-state index in [1.54, 1.807) is 13.0 Å². The van der Waals surface area contributed by atoms with Crippen molar-refractivity contribution < 1.29 is 4.79 Å². The smallest absolute Gasteiger partial charge is 0.265 e. The molecule has 3 aromatic heterocycles. The van der Waals surface area contributed by atoms with E-state index in [4.69, 9.17) is 5.73 Å². The molecule has 24 heavy (non-hydrogen) atoms. The minimum Gasteiger partial charge on any atom is -0.368 e. The average Bonchev–Trinajstić information content (AvgIpc) is 2.98. The maximum Gasteiger partial charge on any atom is 0.265 e. The van der Waals surface area contributed by atoms with Crippen LogP contribution in [0.4, 0.5) is 11.8 Å². The Morgan fingerprint density at radius 1 is 1.38 bits per heavy atom. The number of H-pyrrole nitrogens is 1. The molecule has 0 aliphatic heterocycles. The quantitative estimate of drug-likeness (QED) is 0.663. The molecular weight excluding hydrogens is 310 g/mol. The van der Waals surface area contributed by atoms with Gasteiger partial charge in [0.05, 0.1) is 11.9 Å². The molecule has 0 saturated carbocycles. The highest BCUT2D eigenvalue weighted by Gasteiger charge is 2.20. The van der Waals surface area contributed by atoms with Gasteiger partial charge in [-0.05, 0) is 26.8 Å². The van der Waals surface area contributed by atoms with Gasteiger partial charge in [-0.1, -0.05) is 0 Å². The van der Waals surface area contributed by atoms with Crippen LogP contribution in [0.25, 0.3) is 11.0 Å². The highest BCUT2D eigenvalue weighted by Crippen LogP contribution is 2.19. The van der Waals surface area contributed by atoms with Crippen LogP contribution in [-0.2, 0) is 0 Å². The van der Waals surface area contributed by atoms with Gasteiger partial charge in [0.1, 0.15) is 17.0 Å².